The van der Waals surface area contributed by atoms with Crippen LogP contribution in [0.5, 0.6) is 11.5 Å². The summed E-state index contributed by atoms with van der Waals surface area (Å²) >= 11 is 5.94. The number of hydrogen-bond acceptors (Lipinski definition) is 6. The molecule has 0 bridgehead atoms. The Labute approximate surface area is 185 Å². The molecule has 2 aromatic rings. The zero-order valence-electron chi connectivity index (χ0n) is 17.6. The van der Waals surface area contributed by atoms with Gasteiger partial charge in [-0.25, -0.2) is 0 Å². The monoisotopic (exact) mass is 445 g/mol. The van der Waals surface area contributed by atoms with Crippen LogP contribution in [-0.2, 0) is 14.3 Å². The number of benzene rings is 2. The minimum atomic E-state index is -0.785. The maximum absolute atomic E-state index is 13.0. The largest absolute Gasteiger partial charge is 0.507 e. The Morgan fingerprint density at radius 1 is 1.03 bits per heavy atom. The molecule has 1 heterocycles. The summed E-state index contributed by atoms with van der Waals surface area (Å²) in [5.41, 5.74) is 1.02. The summed E-state index contributed by atoms with van der Waals surface area (Å²) in [6, 6.07) is 10.8. The Morgan fingerprint density at radius 2 is 1.71 bits per heavy atom. The van der Waals surface area contributed by atoms with Crippen molar-refractivity contribution in [2.24, 2.45) is 0 Å². The number of hydrogen-bond donors (Lipinski definition) is 1. The van der Waals surface area contributed by atoms with Crippen LogP contribution in [0.25, 0.3) is 5.76 Å². The molecule has 0 spiro atoms. The van der Waals surface area contributed by atoms with Gasteiger partial charge in [0.15, 0.2) is 11.5 Å². The molecule has 1 atom stereocenters. The average Bonchev–Trinajstić information content (AvgIpc) is 3.03. The lowest BCUT2D eigenvalue weighted by atomic mass is 9.95. The Balaban J connectivity index is 2.15. The normalized spacial score (nSPS) is 17.8. The van der Waals surface area contributed by atoms with Crippen molar-refractivity contribution in [2.45, 2.75) is 12.5 Å². The van der Waals surface area contributed by atoms with Gasteiger partial charge in [0.25, 0.3) is 11.7 Å². The molecule has 0 radical (unpaired) electrons. The van der Waals surface area contributed by atoms with E-state index >= 15 is 0 Å². The van der Waals surface area contributed by atoms with Gasteiger partial charge in [0.05, 0.1) is 25.8 Å². The van der Waals surface area contributed by atoms with Gasteiger partial charge in [0, 0.05) is 30.8 Å². The van der Waals surface area contributed by atoms with E-state index in [1.54, 1.807) is 49.6 Å². The van der Waals surface area contributed by atoms with Crippen molar-refractivity contribution in [3.8, 4) is 11.5 Å². The van der Waals surface area contributed by atoms with Crippen LogP contribution < -0.4 is 9.47 Å². The first kappa shape index (κ1) is 22.7. The second kappa shape index (κ2) is 9.85. The van der Waals surface area contributed by atoms with Crippen LogP contribution in [0.3, 0.4) is 0 Å². The molecule has 1 N–H and O–H groups in total. The summed E-state index contributed by atoms with van der Waals surface area (Å²) in [5, 5.41) is 11.5. The van der Waals surface area contributed by atoms with Crippen LogP contribution in [0.2, 0.25) is 5.02 Å². The number of methoxy groups -OCH3 is 3. The van der Waals surface area contributed by atoms with Gasteiger partial charge in [0.2, 0.25) is 0 Å². The number of carbonyl (C=O) groups excluding carboxylic acids is 2. The van der Waals surface area contributed by atoms with Crippen molar-refractivity contribution in [3.05, 3.63) is 64.2 Å². The summed E-state index contributed by atoms with van der Waals surface area (Å²) < 4.78 is 15.8. The predicted molar refractivity (Wildman–Crippen MR) is 117 cm³/mol. The maximum Gasteiger partial charge on any atom is 0.295 e. The van der Waals surface area contributed by atoms with Crippen LogP contribution in [0.1, 0.15) is 23.6 Å². The lowest BCUT2D eigenvalue weighted by Gasteiger charge is -2.26. The second-order valence-corrected chi connectivity index (χ2v) is 7.40. The number of carbonyl (C=O) groups is 2. The standard InChI is InChI=1S/C23H24ClNO6/c1-29-12-4-11-25-20(15-7-10-17(30-2)18(13-15)31-3)19(22(27)23(25)28)21(26)14-5-8-16(24)9-6-14/h5-10,13,20,26H,4,11-12H2,1-3H3/t20-/m0/s1. The van der Waals surface area contributed by atoms with E-state index in [2.05, 4.69) is 0 Å². The van der Waals surface area contributed by atoms with Gasteiger partial charge in [-0.05, 0) is 48.4 Å². The van der Waals surface area contributed by atoms with E-state index in [1.807, 2.05) is 0 Å². The van der Waals surface area contributed by atoms with Crippen molar-refractivity contribution >= 4 is 29.1 Å². The number of ketones is 1. The first-order chi connectivity index (χ1) is 14.9. The fourth-order valence-corrected chi connectivity index (χ4v) is 3.75. The quantitative estimate of drug-likeness (QED) is 0.288. The lowest BCUT2D eigenvalue weighted by Crippen LogP contribution is -2.31. The van der Waals surface area contributed by atoms with Gasteiger partial charge in [-0.15, -0.1) is 0 Å². The van der Waals surface area contributed by atoms with E-state index in [0.29, 0.717) is 40.7 Å². The minimum absolute atomic E-state index is 0.0111. The highest BCUT2D eigenvalue weighted by molar-refractivity contribution is 6.46. The molecule has 1 saturated heterocycles. The molecule has 3 rings (SSSR count). The predicted octanol–water partition coefficient (Wildman–Crippen LogP) is 3.82. The van der Waals surface area contributed by atoms with Crippen molar-refractivity contribution in [3.63, 3.8) is 0 Å². The summed E-state index contributed by atoms with van der Waals surface area (Å²) in [5.74, 6) is -0.714. The van der Waals surface area contributed by atoms with Crippen LogP contribution in [0.4, 0.5) is 0 Å². The molecule has 1 aliphatic heterocycles. The third-order valence-corrected chi connectivity index (χ3v) is 5.38. The van der Waals surface area contributed by atoms with E-state index in [1.165, 1.54) is 19.1 Å². The van der Waals surface area contributed by atoms with Gasteiger partial charge in [0.1, 0.15) is 5.76 Å². The average molecular weight is 446 g/mol. The Bertz CT molecular complexity index is 1000. The molecule has 1 amide bonds. The topological polar surface area (TPSA) is 85.3 Å². The molecule has 2 aromatic carbocycles. The highest BCUT2D eigenvalue weighted by Crippen LogP contribution is 2.42. The number of halogens is 1. The van der Waals surface area contributed by atoms with Gasteiger partial charge >= 0.3 is 0 Å². The number of aliphatic hydroxyl groups is 1. The highest BCUT2D eigenvalue weighted by Gasteiger charge is 2.46. The van der Waals surface area contributed by atoms with E-state index < -0.39 is 17.7 Å². The van der Waals surface area contributed by atoms with Crippen LogP contribution in [0, 0.1) is 0 Å². The third kappa shape index (κ3) is 4.52. The number of amides is 1. The number of Topliss-reactive ketones (excluding diaryl/α,β-unsaturated/α-hetero) is 1. The molecule has 31 heavy (non-hydrogen) atoms. The maximum atomic E-state index is 13.0. The molecule has 0 aromatic heterocycles. The van der Waals surface area contributed by atoms with Gasteiger partial charge in [-0.2, -0.15) is 0 Å². The molecular formula is C23H24ClNO6. The Hall–Kier alpha value is -3.03. The zero-order chi connectivity index (χ0) is 22.5. The van der Waals surface area contributed by atoms with Crippen molar-refractivity contribution in [1.29, 1.82) is 0 Å². The fourth-order valence-electron chi connectivity index (χ4n) is 3.62. The number of rotatable bonds is 8. The molecule has 0 saturated carbocycles. The third-order valence-electron chi connectivity index (χ3n) is 5.13. The highest BCUT2D eigenvalue weighted by atomic mass is 35.5. The fraction of sp³-hybridized carbons (Fsp3) is 0.304. The summed E-state index contributed by atoms with van der Waals surface area (Å²) in [7, 11) is 4.60. The molecular weight excluding hydrogens is 422 g/mol. The van der Waals surface area contributed by atoms with E-state index in [9.17, 15) is 14.7 Å². The van der Waals surface area contributed by atoms with Crippen molar-refractivity contribution < 1.29 is 28.9 Å². The summed E-state index contributed by atoms with van der Waals surface area (Å²) in [6.45, 7) is 0.716. The second-order valence-electron chi connectivity index (χ2n) is 6.96. The zero-order valence-corrected chi connectivity index (χ0v) is 18.3. The Morgan fingerprint density at radius 3 is 2.32 bits per heavy atom. The summed E-state index contributed by atoms with van der Waals surface area (Å²) in [4.78, 5) is 27.3. The van der Waals surface area contributed by atoms with Gasteiger partial charge in [-0.1, -0.05) is 17.7 Å². The van der Waals surface area contributed by atoms with Crippen LogP contribution in [-0.4, -0.2) is 56.2 Å². The number of nitrogens with zero attached hydrogens (tertiary/aromatic N) is 1. The Kier molecular flexibility index (Phi) is 7.20. The molecule has 1 fully saturated rings. The van der Waals surface area contributed by atoms with Crippen LogP contribution >= 0.6 is 11.6 Å². The number of aliphatic hydroxyl groups excluding tert-OH is 1. The smallest absolute Gasteiger partial charge is 0.295 e. The van der Waals surface area contributed by atoms with E-state index in [4.69, 9.17) is 25.8 Å². The minimum Gasteiger partial charge on any atom is -0.507 e. The van der Waals surface area contributed by atoms with Crippen molar-refractivity contribution in [2.75, 3.05) is 34.5 Å². The van der Waals surface area contributed by atoms with E-state index in [-0.39, 0.29) is 17.9 Å². The van der Waals surface area contributed by atoms with Gasteiger partial charge < -0.3 is 24.2 Å². The summed E-state index contributed by atoms with van der Waals surface area (Å²) in [6.07, 6.45) is 0.536. The van der Waals surface area contributed by atoms with Gasteiger partial charge in [-0.3, -0.25) is 9.59 Å². The molecule has 0 unspecified atom stereocenters. The van der Waals surface area contributed by atoms with Crippen molar-refractivity contribution in [1.82, 2.24) is 4.90 Å². The molecule has 8 heteroatoms. The molecule has 164 valence electrons. The number of ether oxygens (including phenoxy) is 3. The first-order valence-corrected chi connectivity index (χ1v) is 10.1. The molecule has 1 aliphatic rings. The first-order valence-electron chi connectivity index (χ1n) is 9.68. The van der Waals surface area contributed by atoms with E-state index in [0.717, 1.165) is 0 Å². The molecule has 0 aliphatic carbocycles. The van der Waals surface area contributed by atoms with Crippen LogP contribution in [0.15, 0.2) is 48.0 Å². The molecule has 7 nitrogen and oxygen atoms in total. The lowest BCUT2D eigenvalue weighted by molar-refractivity contribution is -0.140. The number of likely N-dealkylation sites (tertiary alicyclic amines) is 1. The SMILES string of the molecule is COCCCN1C(=O)C(=O)C(=C(O)c2ccc(Cl)cc2)[C@@H]1c1ccc(OC)c(OC)c1.